The van der Waals surface area contributed by atoms with E-state index in [1.807, 2.05) is 0 Å². The monoisotopic (exact) mass is 622 g/mol. The zero-order valence-electron chi connectivity index (χ0n) is 26.0. The molecule has 0 radical (unpaired) electrons. The number of methoxy groups -OCH3 is 2. The molecular weight excluding hydrogens is 581 g/mol. The third kappa shape index (κ3) is 7.69. The van der Waals surface area contributed by atoms with Crippen molar-refractivity contribution in [3.8, 4) is 16.9 Å². The summed E-state index contributed by atoms with van der Waals surface area (Å²) in [7, 11) is 3.02. The Hall–Kier alpha value is -3.85. The van der Waals surface area contributed by atoms with E-state index in [1.54, 1.807) is 19.2 Å². The van der Waals surface area contributed by atoms with Crippen molar-refractivity contribution in [1.82, 2.24) is 10.2 Å². The second-order valence-corrected chi connectivity index (χ2v) is 11.9. The van der Waals surface area contributed by atoms with Crippen LogP contribution in [0.25, 0.3) is 11.1 Å². The molecule has 0 unspecified atom stereocenters. The molecular formula is C36H41F3N2O4. The van der Waals surface area contributed by atoms with Crippen LogP contribution in [0.4, 0.5) is 13.2 Å². The minimum Gasteiger partial charge on any atom is -0.496 e. The van der Waals surface area contributed by atoms with Crippen molar-refractivity contribution in [2.45, 2.75) is 63.5 Å². The molecule has 9 heteroatoms. The zero-order valence-corrected chi connectivity index (χ0v) is 26.0. The minimum atomic E-state index is -4.46. The van der Waals surface area contributed by atoms with E-state index in [9.17, 15) is 22.8 Å². The fourth-order valence-electron chi connectivity index (χ4n) is 6.66. The van der Waals surface area contributed by atoms with Crippen molar-refractivity contribution in [3.63, 3.8) is 0 Å². The number of nitrogens with zero attached hydrogens (tertiary/aromatic N) is 1. The molecule has 1 N–H and O–H groups in total. The number of benzene rings is 3. The number of aryl methyl sites for hydroxylation is 1. The van der Waals surface area contributed by atoms with E-state index in [-0.39, 0.29) is 17.0 Å². The predicted molar refractivity (Wildman–Crippen MR) is 168 cm³/mol. The molecule has 45 heavy (non-hydrogen) atoms. The lowest BCUT2D eigenvalue weighted by Crippen LogP contribution is -2.34. The minimum absolute atomic E-state index is 0.112. The van der Waals surface area contributed by atoms with E-state index >= 15 is 0 Å². The quantitative estimate of drug-likeness (QED) is 0.188. The number of nitrogens with one attached hydrogen (secondary N) is 1. The molecule has 0 saturated carbocycles. The molecule has 1 amide bonds. The SMILES string of the molecule is COC(=O)c1cc(C(=O)NCCCCN2CCC(c3ccc4c(c3OC)CCCC4)CC2)ccc1-c1ccc(C(F)(F)F)cc1. The fourth-order valence-corrected chi connectivity index (χ4v) is 6.66. The first-order valence-corrected chi connectivity index (χ1v) is 15.8. The molecule has 0 atom stereocenters. The topological polar surface area (TPSA) is 67.9 Å². The van der Waals surface area contributed by atoms with Crippen LogP contribution < -0.4 is 10.1 Å². The highest BCUT2D eigenvalue weighted by Gasteiger charge is 2.30. The summed E-state index contributed by atoms with van der Waals surface area (Å²) in [4.78, 5) is 27.9. The number of piperidine rings is 1. The van der Waals surface area contributed by atoms with Gasteiger partial charge in [0.1, 0.15) is 5.75 Å². The Morgan fingerprint density at radius 1 is 0.933 bits per heavy atom. The Morgan fingerprint density at radius 3 is 2.36 bits per heavy atom. The molecule has 1 aliphatic heterocycles. The van der Waals surface area contributed by atoms with Crippen LogP contribution in [-0.2, 0) is 23.8 Å². The lowest BCUT2D eigenvalue weighted by Gasteiger charge is -2.33. The largest absolute Gasteiger partial charge is 0.496 e. The molecule has 0 bridgehead atoms. The molecule has 2 aliphatic rings. The summed E-state index contributed by atoms with van der Waals surface area (Å²) in [6.45, 7) is 3.55. The van der Waals surface area contributed by atoms with Gasteiger partial charge in [0.05, 0.1) is 25.3 Å². The van der Waals surface area contributed by atoms with Gasteiger partial charge >= 0.3 is 12.1 Å². The number of carbonyl (C=O) groups is 2. The second-order valence-electron chi connectivity index (χ2n) is 11.9. The number of hydrogen-bond acceptors (Lipinski definition) is 5. The summed E-state index contributed by atoms with van der Waals surface area (Å²) >= 11 is 0. The van der Waals surface area contributed by atoms with E-state index in [0.29, 0.717) is 23.6 Å². The standard InChI is InChI=1S/C36H41F3N2O4/c1-44-33-30-8-4-3-7-24(30)11-16-31(33)26-17-21-41(22-18-26)20-6-5-19-40-34(42)27-12-15-29(32(23-27)35(43)45-2)25-9-13-28(14-10-25)36(37,38)39/h9-16,23,26H,3-8,17-22H2,1-2H3,(H,40,42). The fraction of sp³-hybridized carbons (Fsp3) is 0.444. The van der Waals surface area contributed by atoms with E-state index in [2.05, 4.69) is 22.3 Å². The van der Waals surface area contributed by atoms with E-state index in [1.165, 1.54) is 54.8 Å². The van der Waals surface area contributed by atoms with Crippen LogP contribution in [0.3, 0.4) is 0 Å². The van der Waals surface area contributed by atoms with Crippen LogP contribution in [0.15, 0.2) is 54.6 Å². The molecule has 1 saturated heterocycles. The molecule has 0 spiro atoms. The van der Waals surface area contributed by atoms with Gasteiger partial charge in [-0.3, -0.25) is 4.79 Å². The number of alkyl halides is 3. The molecule has 0 aromatic heterocycles. The zero-order chi connectivity index (χ0) is 32.0. The molecule has 3 aromatic rings. The van der Waals surface area contributed by atoms with Crippen molar-refractivity contribution in [2.24, 2.45) is 0 Å². The van der Waals surface area contributed by atoms with Gasteiger partial charge in [-0.2, -0.15) is 13.2 Å². The molecule has 240 valence electrons. The van der Waals surface area contributed by atoms with Gasteiger partial charge in [0.2, 0.25) is 0 Å². The van der Waals surface area contributed by atoms with Crippen LogP contribution in [0, 0.1) is 0 Å². The van der Waals surface area contributed by atoms with Gasteiger partial charge in [0, 0.05) is 12.1 Å². The maximum atomic E-state index is 13.0. The normalized spacial score (nSPS) is 15.8. The summed E-state index contributed by atoms with van der Waals surface area (Å²) < 4.78 is 49.8. The highest BCUT2D eigenvalue weighted by molar-refractivity contribution is 6.02. The number of ether oxygens (including phenoxy) is 2. The van der Waals surface area contributed by atoms with Gasteiger partial charge < -0.3 is 19.7 Å². The van der Waals surface area contributed by atoms with Gasteiger partial charge in [-0.1, -0.05) is 30.3 Å². The second kappa shape index (κ2) is 14.5. The van der Waals surface area contributed by atoms with Gasteiger partial charge in [-0.05, 0) is 129 Å². The average molecular weight is 623 g/mol. The molecule has 1 fully saturated rings. The number of fused-ring (bicyclic) bond motifs is 1. The van der Waals surface area contributed by atoms with E-state index in [0.717, 1.165) is 76.0 Å². The van der Waals surface area contributed by atoms with Crippen LogP contribution in [-0.4, -0.2) is 57.2 Å². The number of hydrogen-bond donors (Lipinski definition) is 1. The Morgan fingerprint density at radius 2 is 1.67 bits per heavy atom. The van der Waals surface area contributed by atoms with Crippen molar-refractivity contribution in [1.29, 1.82) is 0 Å². The number of amides is 1. The van der Waals surface area contributed by atoms with Crippen LogP contribution in [0.5, 0.6) is 5.75 Å². The number of likely N-dealkylation sites (tertiary alicyclic amines) is 1. The number of rotatable bonds is 10. The first-order valence-electron chi connectivity index (χ1n) is 15.8. The smallest absolute Gasteiger partial charge is 0.416 e. The van der Waals surface area contributed by atoms with E-state index < -0.39 is 17.7 Å². The Balaban J connectivity index is 1.10. The van der Waals surface area contributed by atoms with Gasteiger partial charge in [0.15, 0.2) is 0 Å². The lowest BCUT2D eigenvalue weighted by atomic mass is 9.83. The Labute approximate surface area is 262 Å². The molecule has 5 rings (SSSR count). The number of halogens is 3. The Kier molecular flexibility index (Phi) is 10.5. The van der Waals surface area contributed by atoms with Crippen LogP contribution in [0.1, 0.15) is 87.4 Å². The lowest BCUT2D eigenvalue weighted by molar-refractivity contribution is -0.137. The summed E-state index contributed by atoms with van der Waals surface area (Å²) in [5, 5.41) is 2.92. The molecule has 1 aliphatic carbocycles. The summed E-state index contributed by atoms with van der Waals surface area (Å²) in [5.74, 6) is 0.643. The summed E-state index contributed by atoms with van der Waals surface area (Å²) in [5.41, 5.74) is 4.66. The third-order valence-corrected chi connectivity index (χ3v) is 9.14. The first kappa shape index (κ1) is 32.5. The number of carbonyl (C=O) groups excluding carboxylic acids is 2. The third-order valence-electron chi connectivity index (χ3n) is 9.14. The molecule has 1 heterocycles. The van der Waals surface area contributed by atoms with Crippen molar-refractivity contribution < 1.29 is 32.2 Å². The van der Waals surface area contributed by atoms with Crippen molar-refractivity contribution in [3.05, 3.63) is 88.0 Å². The maximum absolute atomic E-state index is 13.0. The Bertz CT molecular complexity index is 1500. The summed E-state index contributed by atoms with van der Waals surface area (Å²) in [6, 6.07) is 13.7. The molecule has 6 nitrogen and oxygen atoms in total. The average Bonchev–Trinajstić information content (AvgIpc) is 3.06. The van der Waals surface area contributed by atoms with Crippen molar-refractivity contribution >= 4 is 11.9 Å². The highest BCUT2D eigenvalue weighted by atomic mass is 19.4. The van der Waals surface area contributed by atoms with Gasteiger partial charge in [-0.25, -0.2) is 4.79 Å². The number of esters is 1. The van der Waals surface area contributed by atoms with Gasteiger partial charge in [-0.15, -0.1) is 0 Å². The maximum Gasteiger partial charge on any atom is 0.416 e. The summed E-state index contributed by atoms with van der Waals surface area (Å²) in [6.07, 6.45) is 4.28. The van der Waals surface area contributed by atoms with Crippen LogP contribution in [0.2, 0.25) is 0 Å². The highest BCUT2D eigenvalue weighted by Crippen LogP contribution is 2.40. The first-order chi connectivity index (χ1) is 21.7. The van der Waals surface area contributed by atoms with Crippen LogP contribution >= 0.6 is 0 Å². The van der Waals surface area contributed by atoms with Gasteiger partial charge in [0.25, 0.3) is 5.91 Å². The predicted octanol–water partition coefficient (Wildman–Crippen LogP) is 7.44. The van der Waals surface area contributed by atoms with E-state index in [4.69, 9.17) is 9.47 Å². The number of unbranched alkanes of at least 4 members (excludes halogenated alkanes) is 1. The molecule has 3 aromatic carbocycles. The van der Waals surface area contributed by atoms with Crippen molar-refractivity contribution in [2.75, 3.05) is 40.4 Å².